The molecule has 1 aliphatic rings. The van der Waals surface area contributed by atoms with Crippen LogP contribution in [-0.4, -0.2) is 54.1 Å². The number of hydrogen-bond acceptors (Lipinski definition) is 4. The van der Waals surface area contributed by atoms with Crippen molar-refractivity contribution in [1.29, 1.82) is 0 Å². The van der Waals surface area contributed by atoms with Gasteiger partial charge in [0.1, 0.15) is 5.82 Å². The number of halogens is 1. The second kappa shape index (κ2) is 12.6. The van der Waals surface area contributed by atoms with Crippen LogP contribution in [0.1, 0.15) is 42.9 Å². The zero-order valence-electron chi connectivity index (χ0n) is 19.0. The van der Waals surface area contributed by atoms with Gasteiger partial charge in [0.15, 0.2) is 5.96 Å². The first-order chi connectivity index (χ1) is 15.2. The van der Waals surface area contributed by atoms with E-state index in [0.29, 0.717) is 12.0 Å². The lowest BCUT2D eigenvalue weighted by molar-refractivity contribution is 0.128. The molecule has 2 aromatic heterocycles. The van der Waals surface area contributed by atoms with Gasteiger partial charge in [-0.25, -0.2) is 4.98 Å². The predicted molar refractivity (Wildman–Crippen MR) is 146 cm³/mol. The van der Waals surface area contributed by atoms with Gasteiger partial charge in [-0.05, 0) is 69.3 Å². The van der Waals surface area contributed by atoms with Gasteiger partial charge in [0.05, 0.1) is 11.0 Å². The van der Waals surface area contributed by atoms with E-state index in [1.807, 2.05) is 23.5 Å². The number of hydrogen-bond donors (Lipinski definition) is 3. The molecule has 1 aromatic carbocycles. The molecule has 0 bridgehead atoms. The van der Waals surface area contributed by atoms with Crippen LogP contribution in [0.25, 0.3) is 11.0 Å². The maximum atomic E-state index is 4.96. The largest absolute Gasteiger partial charge is 0.357 e. The van der Waals surface area contributed by atoms with Crippen molar-refractivity contribution in [3.05, 3.63) is 52.5 Å². The number of imidazole rings is 1. The molecular formula is C24H35IN6S. The summed E-state index contributed by atoms with van der Waals surface area (Å²) in [6.07, 6.45) is 4.42. The number of nitrogens with one attached hydrogen (secondary N) is 3. The molecule has 1 fully saturated rings. The second-order valence-electron chi connectivity index (χ2n) is 8.29. The van der Waals surface area contributed by atoms with Crippen LogP contribution in [0.5, 0.6) is 0 Å². The average Bonchev–Trinajstić information content (AvgIpc) is 3.44. The van der Waals surface area contributed by atoms with E-state index in [0.717, 1.165) is 55.3 Å². The Morgan fingerprint density at radius 1 is 1.25 bits per heavy atom. The standard InChI is InChI=1S/C24H34N6S.HI/c1-3-25-24(26-14-6-13-22-28-19-10-4-5-11-20(19)29-22)27-17-18-9-7-15-30(2)23(18)21-12-8-16-31-21;/h4-5,8,10-12,16,18,23H,3,6-7,9,13-15,17H2,1-2H3,(H,28,29)(H2,25,26,27);1H. The second-order valence-corrected chi connectivity index (χ2v) is 9.27. The van der Waals surface area contributed by atoms with E-state index in [4.69, 9.17) is 4.99 Å². The van der Waals surface area contributed by atoms with Gasteiger partial charge in [-0.15, -0.1) is 35.3 Å². The quantitative estimate of drug-likeness (QED) is 0.159. The number of aryl methyl sites for hydroxylation is 1. The van der Waals surface area contributed by atoms with Crippen LogP contribution in [0, 0.1) is 5.92 Å². The molecule has 8 heteroatoms. The highest BCUT2D eigenvalue weighted by Crippen LogP contribution is 2.37. The third kappa shape index (κ3) is 6.45. The third-order valence-electron chi connectivity index (χ3n) is 5.99. The molecule has 0 amide bonds. The fourth-order valence-corrected chi connectivity index (χ4v) is 5.48. The van der Waals surface area contributed by atoms with E-state index in [-0.39, 0.29) is 24.0 Å². The lowest BCUT2D eigenvalue weighted by atomic mass is 9.88. The highest BCUT2D eigenvalue weighted by atomic mass is 127. The van der Waals surface area contributed by atoms with Crippen LogP contribution >= 0.6 is 35.3 Å². The molecule has 0 aliphatic carbocycles. The van der Waals surface area contributed by atoms with Crippen LogP contribution in [0.4, 0.5) is 0 Å². The van der Waals surface area contributed by atoms with E-state index >= 15 is 0 Å². The zero-order chi connectivity index (χ0) is 21.5. The van der Waals surface area contributed by atoms with Gasteiger partial charge < -0.3 is 15.6 Å². The van der Waals surface area contributed by atoms with Gasteiger partial charge in [-0.1, -0.05) is 18.2 Å². The van der Waals surface area contributed by atoms with Gasteiger partial charge in [-0.3, -0.25) is 9.89 Å². The van der Waals surface area contributed by atoms with Gasteiger partial charge >= 0.3 is 0 Å². The van der Waals surface area contributed by atoms with Crippen LogP contribution in [0.15, 0.2) is 46.8 Å². The maximum absolute atomic E-state index is 4.96. The Morgan fingerprint density at radius 2 is 2.12 bits per heavy atom. The Kier molecular flexibility index (Phi) is 9.80. The minimum absolute atomic E-state index is 0. The van der Waals surface area contributed by atoms with Crippen LogP contribution in [0.3, 0.4) is 0 Å². The lowest BCUT2D eigenvalue weighted by Gasteiger charge is -2.38. The van der Waals surface area contributed by atoms with E-state index < -0.39 is 0 Å². The Bertz CT molecular complexity index is 937. The number of benzene rings is 1. The molecular weight excluding hydrogens is 531 g/mol. The van der Waals surface area contributed by atoms with Gasteiger partial charge in [0, 0.05) is 37.0 Å². The van der Waals surface area contributed by atoms with Crippen molar-refractivity contribution in [2.24, 2.45) is 10.9 Å². The van der Waals surface area contributed by atoms with E-state index in [9.17, 15) is 0 Å². The molecule has 6 nitrogen and oxygen atoms in total. The summed E-state index contributed by atoms with van der Waals surface area (Å²) in [6.45, 7) is 5.89. The number of piperidine rings is 1. The highest BCUT2D eigenvalue weighted by Gasteiger charge is 2.31. The van der Waals surface area contributed by atoms with Crippen LogP contribution in [-0.2, 0) is 6.42 Å². The average molecular weight is 567 g/mol. The summed E-state index contributed by atoms with van der Waals surface area (Å²) in [4.78, 5) is 17.0. The van der Waals surface area contributed by atoms with Crippen molar-refractivity contribution < 1.29 is 0 Å². The molecule has 2 unspecified atom stereocenters. The zero-order valence-corrected chi connectivity index (χ0v) is 22.2. The van der Waals surface area contributed by atoms with Gasteiger partial charge in [0.2, 0.25) is 0 Å². The minimum Gasteiger partial charge on any atom is -0.357 e. The minimum atomic E-state index is 0. The van der Waals surface area contributed by atoms with Crippen molar-refractivity contribution in [2.75, 3.05) is 33.2 Å². The highest BCUT2D eigenvalue weighted by molar-refractivity contribution is 14.0. The van der Waals surface area contributed by atoms with Crippen molar-refractivity contribution in [3.8, 4) is 0 Å². The number of aromatic nitrogens is 2. The summed E-state index contributed by atoms with van der Waals surface area (Å²) in [5, 5.41) is 9.11. The van der Waals surface area contributed by atoms with Crippen LogP contribution < -0.4 is 10.6 Å². The Morgan fingerprint density at radius 3 is 2.91 bits per heavy atom. The molecule has 32 heavy (non-hydrogen) atoms. The molecule has 1 aliphatic heterocycles. The number of likely N-dealkylation sites (tertiary alicyclic amines) is 1. The molecule has 174 valence electrons. The van der Waals surface area contributed by atoms with Crippen molar-refractivity contribution >= 4 is 52.3 Å². The first kappa shape index (κ1) is 25.0. The molecule has 2 atom stereocenters. The summed E-state index contributed by atoms with van der Waals surface area (Å²) in [5.74, 6) is 2.53. The number of thiophene rings is 1. The monoisotopic (exact) mass is 566 g/mol. The van der Waals surface area contributed by atoms with Crippen molar-refractivity contribution in [2.45, 2.75) is 38.6 Å². The number of nitrogens with zero attached hydrogens (tertiary/aromatic N) is 3. The van der Waals surface area contributed by atoms with Gasteiger partial charge in [-0.2, -0.15) is 0 Å². The fourth-order valence-electron chi connectivity index (χ4n) is 4.50. The number of guanidine groups is 1. The molecule has 0 radical (unpaired) electrons. The SMILES string of the molecule is CCNC(=NCC1CCCN(C)C1c1cccs1)NCCCc1nc2ccccc2[nH]1.I. The molecule has 3 heterocycles. The molecule has 3 aromatic rings. The van der Waals surface area contributed by atoms with Crippen molar-refractivity contribution in [3.63, 3.8) is 0 Å². The molecule has 1 saturated heterocycles. The van der Waals surface area contributed by atoms with Gasteiger partial charge in [0.25, 0.3) is 0 Å². The summed E-state index contributed by atoms with van der Waals surface area (Å²) in [6, 6.07) is 13.1. The van der Waals surface area contributed by atoms with E-state index in [1.165, 1.54) is 24.3 Å². The first-order valence-electron chi connectivity index (χ1n) is 11.4. The smallest absolute Gasteiger partial charge is 0.191 e. The Hall–Kier alpha value is -1.65. The first-order valence-corrected chi connectivity index (χ1v) is 12.3. The third-order valence-corrected chi connectivity index (χ3v) is 6.93. The number of rotatable bonds is 8. The van der Waals surface area contributed by atoms with E-state index in [1.54, 1.807) is 0 Å². The van der Waals surface area contributed by atoms with Crippen molar-refractivity contribution in [1.82, 2.24) is 25.5 Å². The van der Waals surface area contributed by atoms with Crippen LogP contribution in [0.2, 0.25) is 0 Å². The Balaban J connectivity index is 0.00000289. The maximum Gasteiger partial charge on any atom is 0.191 e. The number of H-pyrrole nitrogens is 1. The molecule has 0 spiro atoms. The van der Waals surface area contributed by atoms with E-state index in [2.05, 4.69) is 69.1 Å². The fraction of sp³-hybridized carbons (Fsp3) is 0.500. The number of para-hydroxylation sites is 2. The number of aromatic amines is 1. The Labute approximate surface area is 212 Å². The number of aliphatic imine (C=N–C) groups is 1. The summed E-state index contributed by atoms with van der Waals surface area (Å²) >= 11 is 1.87. The summed E-state index contributed by atoms with van der Waals surface area (Å²) < 4.78 is 0. The normalized spacial score (nSPS) is 19.6. The molecule has 3 N–H and O–H groups in total. The molecule has 4 rings (SSSR count). The summed E-state index contributed by atoms with van der Waals surface area (Å²) in [5.41, 5.74) is 2.15. The topological polar surface area (TPSA) is 68.3 Å². The summed E-state index contributed by atoms with van der Waals surface area (Å²) in [7, 11) is 2.25. The number of fused-ring (bicyclic) bond motifs is 1. The predicted octanol–water partition coefficient (Wildman–Crippen LogP) is 4.81. The lowest BCUT2D eigenvalue weighted by Crippen LogP contribution is -2.40. The molecule has 0 saturated carbocycles.